The van der Waals surface area contributed by atoms with E-state index in [0.717, 1.165) is 12.8 Å². The predicted molar refractivity (Wildman–Crippen MR) is 67.0 cm³/mol. The van der Waals surface area contributed by atoms with E-state index in [-0.39, 0.29) is 5.78 Å². The lowest BCUT2D eigenvalue weighted by atomic mass is 10.0. The number of carbonyl (C=O) groups excluding carboxylic acids is 1. The Kier molecular flexibility index (Phi) is 6.09. The second kappa shape index (κ2) is 7.39. The average molecular weight is 240 g/mol. The van der Waals surface area contributed by atoms with Crippen molar-refractivity contribution in [1.29, 1.82) is 0 Å². The lowest BCUT2D eigenvalue weighted by Gasteiger charge is -2.01. The van der Waals surface area contributed by atoms with E-state index in [4.69, 9.17) is 11.6 Å². The molecule has 16 heavy (non-hydrogen) atoms. The van der Waals surface area contributed by atoms with Crippen LogP contribution >= 0.6 is 11.6 Å². The Labute approximate surface area is 102 Å². The lowest BCUT2D eigenvalue weighted by molar-refractivity contribution is 0.0979. The highest BCUT2D eigenvalue weighted by Gasteiger charge is 2.05. The molecular weight excluding hydrogens is 222 g/mol. The maximum Gasteiger partial charge on any atom is 0.163 e. The molecule has 0 aliphatic rings. The van der Waals surface area contributed by atoms with Crippen molar-refractivity contribution in [3.8, 4) is 0 Å². The number of nitrogens with zero attached hydrogens (tertiary/aromatic N) is 1. The minimum atomic E-state index is 0.167. The molecule has 3 heteroatoms. The third kappa shape index (κ3) is 4.75. The molecule has 1 aromatic heterocycles. The van der Waals surface area contributed by atoms with Crippen LogP contribution in [0.25, 0.3) is 0 Å². The second-order valence-corrected chi connectivity index (χ2v) is 4.34. The Bertz CT molecular complexity index is 338. The Morgan fingerprint density at radius 1 is 1.31 bits per heavy atom. The van der Waals surface area contributed by atoms with Crippen LogP contribution in [0.15, 0.2) is 18.3 Å². The summed E-state index contributed by atoms with van der Waals surface area (Å²) in [5, 5.41) is 0.386. The highest BCUT2D eigenvalue weighted by molar-refractivity contribution is 6.29. The molecule has 1 heterocycles. The van der Waals surface area contributed by atoms with Gasteiger partial charge < -0.3 is 0 Å². The van der Waals surface area contributed by atoms with Gasteiger partial charge in [0.05, 0.1) is 0 Å². The lowest BCUT2D eigenvalue weighted by Crippen LogP contribution is -1.99. The minimum Gasteiger partial charge on any atom is -0.294 e. The van der Waals surface area contributed by atoms with Crippen molar-refractivity contribution in [2.75, 3.05) is 0 Å². The first-order valence-corrected chi connectivity index (χ1v) is 6.26. The normalized spacial score (nSPS) is 10.4. The van der Waals surface area contributed by atoms with Crippen LogP contribution in [0.4, 0.5) is 0 Å². The van der Waals surface area contributed by atoms with Crippen molar-refractivity contribution in [3.63, 3.8) is 0 Å². The summed E-state index contributed by atoms with van der Waals surface area (Å²) in [6, 6.07) is 3.36. The van der Waals surface area contributed by atoms with Crippen molar-refractivity contribution in [2.24, 2.45) is 0 Å². The van der Waals surface area contributed by atoms with E-state index in [1.807, 2.05) is 0 Å². The highest BCUT2D eigenvalue weighted by atomic mass is 35.5. The fourth-order valence-corrected chi connectivity index (χ4v) is 1.78. The summed E-state index contributed by atoms with van der Waals surface area (Å²) in [5.41, 5.74) is 0.676. The summed E-state index contributed by atoms with van der Waals surface area (Å²) in [6.07, 6.45) is 8.01. The Balaban J connectivity index is 2.30. The third-order valence-electron chi connectivity index (χ3n) is 2.56. The smallest absolute Gasteiger partial charge is 0.163 e. The number of hydrogen-bond donors (Lipinski definition) is 0. The summed E-state index contributed by atoms with van der Waals surface area (Å²) in [5.74, 6) is 0.167. The largest absolute Gasteiger partial charge is 0.294 e. The van der Waals surface area contributed by atoms with Gasteiger partial charge in [-0.15, -0.1) is 0 Å². The van der Waals surface area contributed by atoms with Gasteiger partial charge in [0, 0.05) is 18.2 Å². The van der Waals surface area contributed by atoms with Gasteiger partial charge in [-0.05, 0) is 18.6 Å². The van der Waals surface area contributed by atoms with Crippen molar-refractivity contribution in [3.05, 3.63) is 29.0 Å². The maximum atomic E-state index is 11.7. The molecule has 0 aromatic carbocycles. The van der Waals surface area contributed by atoms with Crippen LogP contribution in [0, 0.1) is 0 Å². The first-order chi connectivity index (χ1) is 7.74. The minimum absolute atomic E-state index is 0.167. The number of Topliss-reactive ketones (excluding diaryl/α,β-unsaturated/α-hetero) is 1. The summed E-state index contributed by atoms with van der Waals surface area (Å²) in [4.78, 5) is 15.6. The van der Waals surface area contributed by atoms with Gasteiger partial charge >= 0.3 is 0 Å². The molecule has 0 spiro atoms. The van der Waals surface area contributed by atoms with Crippen LogP contribution in [0.5, 0.6) is 0 Å². The van der Waals surface area contributed by atoms with Crippen LogP contribution in [0.2, 0.25) is 5.15 Å². The number of hydrogen-bond acceptors (Lipinski definition) is 2. The van der Waals surface area contributed by atoms with E-state index >= 15 is 0 Å². The number of unbranched alkanes of at least 4 members (excludes halogenated alkanes) is 4. The van der Waals surface area contributed by atoms with E-state index < -0.39 is 0 Å². The number of pyridine rings is 1. The van der Waals surface area contributed by atoms with E-state index in [1.54, 1.807) is 18.3 Å². The van der Waals surface area contributed by atoms with Gasteiger partial charge in [0.15, 0.2) is 5.78 Å². The second-order valence-electron chi connectivity index (χ2n) is 3.95. The third-order valence-corrected chi connectivity index (χ3v) is 2.76. The monoisotopic (exact) mass is 239 g/mol. The molecule has 0 saturated heterocycles. The first kappa shape index (κ1) is 13.2. The van der Waals surface area contributed by atoms with Gasteiger partial charge in [-0.2, -0.15) is 0 Å². The van der Waals surface area contributed by atoms with Crippen molar-refractivity contribution in [2.45, 2.75) is 45.4 Å². The fraction of sp³-hybridized carbons (Fsp3) is 0.538. The highest BCUT2D eigenvalue weighted by Crippen LogP contribution is 2.12. The zero-order chi connectivity index (χ0) is 11.8. The van der Waals surface area contributed by atoms with Crippen LogP contribution in [-0.2, 0) is 0 Å². The Hall–Kier alpha value is -0.890. The summed E-state index contributed by atoms with van der Waals surface area (Å²) in [7, 11) is 0. The number of rotatable bonds is 7. The Morgan fingerprint density at radius 3 is 2.75 bits per heavy atom. The van der Waals surface area contributed by atoms with Crippen molar-refractivity contribution in [1.82, 2.24) is 4.98 Å². The van der Waals surface area contributed by atoms with Crippen LogP contribution in [0.3, 0.4) is 0 Å². The molecule has 0 bridgehead atoms. The van der Waals surface area contributed by atoms with Crippen LogP contribution in [0.1, 0.15) is 55.8 Å². The summed E-state index contributed by atoms with van der Waals surface area (Å²) < 4.78 is 0. The molecule has 0 unspecified atom stereocenters. The molecular formula is C13H18ClNO. The molecule has 0 aliphatic carbocycles. The number of aromatic nitrogens is 1. The molecule has 0 fully saturated rings. The van der Waals surface area contributed by atoms with Crippen LogP contribution < -0.4 is 0 Å². The fourth-order valence-electron chi connectivity index (χ4n) is 1.61. The van der Waals surface area contributed by atoms with E-state index in [9.17, 15) is 4.79 Å². The molecule has 0 N–H and O–H groups in total. The molecule has 0 atom stereocenters. The molecule has 0 aliphatic heterocycles. The number of ketones is 1. The molecule has 0 amide bonds. The molecule has 0 saturated carbocycles. The summed E-state index contributed by atoms with van der Waals surface area (Å²) in [6.45, 7) is 2.18. The van der Waals surface area contributed by atoms with Crippen LogP contribution in [-0.4, -0.2) is 10.8 Å². The first-order valence-electron chi connectivity index (χ1n) is 5.88. The Morgan fingerprint density at radius 2 is 2.06 bits per heavy atom. The van der Waals surface area contributed by atoms with E-state index in [2.05, 4.69) is 11.9 Å². The number of carbonyl (C=O) groups is 1. The van der Waals surface area contributed by atoms with Gasteiger partial charge in [0.2, 0.25) is 0 Å². The molecule has 1 aromatic rings. The topological polar surface area (TPSA) is 30.0 Å². The molecule has 88 valence electrons. The standard InChI is InChI=1S/C13H18ClNO/c1-2-3-4-5-6-7-12(16)11-8-9-15-13(14)10-11/h8-10H,2-7H2,1H3. The van der Waals surface area contributed by atoms with Gasteiger partial charge in [0.1, 0.15) is 5.15 Å². The van der Waals surface area contributed by atoms with Gasteiger partial charge in [-0.1, -0.05) is 44.2 Å². The molecule has 1 rings (SSSR count). The predicted octanol–water partition coefficient (Wildman–Crippen LogP) is 4.28. The molecule has 2 nitrogen and oxygen atoms in total. The SMILES string of the molecule is CCCCCCCC(=O)c1ccnc(Cl)c1. The zero-order valence-electron chi connectivity index (χ0n) is 9.71. The summed E-state index contributed by atoms with van der Waals surface area (Å²) >= 11 is 5.73. The van der Waals surface area contributed by atoms with Crippen molar-refractivity contribution < 1.29 is 4.79 Å². The maximum absolute atomic E-state index is 11.7. The van der Waals surface area contributed by atoms with Crippen molar-refractivity contribution >= 4 is 17.4 Å². The molecule has 0 radical (unpaired) electrons. The zero-order valence-corrected chi connectivity index (χ0v) is 10.5. The number of halogens is 1. The quantitative estimate of drug-likeness (QED) is 0.404. The van der Waals surface area contributed by atoms with E-state index in [0.29, 0.717) is 17.1 Å². The van der Waals surface area contributed by atoms with E-state index in [1.165, 1.54) is 19.3 Å². The van der Waals surface area contributed by atoms with Gasteiger partial charge in [-0.25, -0.2) is 4.98 Å². The van der Waals surface area contributed by atoms with Gasteiger partial charge in [-0.3, -0.25) is 4.79 Å². The average Bonchev–Trinajstić information content (AvgIpc) is 2.28. The van der Waals surface area contributed by atoms with Gasteiger partial charge in [0.25, 0.3) is 0 Å².